The molecule has 1 radical (unpaired) electrons. The molecule has 0 aromatic carbocycles. The average molecular weight is 169 g/mol. The third-order valence-electron chi connectivity index (χ3n) is 2.44. The standard InChI is InChI=1S/C12H25/c1-6-8-10-11(9-7-2)12(3,4)5/h6-10H2,1-5H3. The van der Waals surface area contributed by atoms with Crippen molar-refractivity contribution in [2.75, 3.05) is 0 Å². The van der Waals surface area contributed by atoms with E-state index in [9.17, 15) is 0 Å². The van der Waals surface area contributed by atoms with Crippen molar-refractivity contribution < 1.29 is 0 Å². The third-order valence-corrected chi connectivity index (χ3v) is 2.44. The molecule has 0 bridgehead atoms. The molecule has 0 aromatic rings. The van der Waals surface area contributed by atoms with Gasteiger partial charge in [-0.25, -0.2) is 0 Å². The lowest BCUT2D eigenvalue weighted by Crippen LogP contribution is -2.17. The zero-order valence-electron chi connectivity index (χ0n) is 9.54. The van der Waals surface area contributed by atoms with E-state index in [1.165, 1.54) is 32.1 Å². The van der Waals surface area contributed by atoms with Gasteiger partial charge in [0.1, 0.15) is 0 Å². The van der Waals surface area contributed by atoms with Gasteiger partial charge < -0.3 is 0 Å². The van der Waals surface area contributed by atoms with Crippen LogP contribution in [0.15, 0.2) is 0 Å². The molecule has 12 heavy (non-hydrogen) atoms. The van der Waals surface area contributed by atoms with E-state index in [1.54, 1.807) is 5.92 Å². The maximum atomic E-state index is 2.34. The summed E-state index contributed by atoms with van der Waals surface area (Å²) in [5, 5.41) is 0. The quantitative estimate of drug-likeness (QED) is 0.564. The van der Waals surface area contributed by atoms with Crippen LogP contribution in [0.2, 0.25) is 0 Å². The summed E-state index contributed by atoms with van der Waals surface area (Å²) in [5.74, 6) is 1.76. The first-order valence-corrected chi connectivity index (χ1v) is 5.37. The second kappa shape index (κ2) is 5.61. The molecule has 0 aliphatic carbocycles. The molecule has 0 N–H and O–H groups in total. The molecular weight excluding hydrogens is 144 g/mol. The molecule has 0 nitrogen and oxygen atoms in total. The molecule has 0 aliphatic heterocycles. The van der Waals surface area contributed by atoms with Crippen LogP contribution in [0.4, 0.5) is 0 Å². The van der Waals surface area contributed by atoms with Crippen molar-refractivity contribution in [1.29, 1.82) is 0 Å². The first-order valence-electron chi connectivity index (χ1n) is 5.37. The topological polar surface area (TPSA) is 0 Å². The van der Waals surface area contributed by atoms with Gasteiger partial charge in [0.2, 0.25) is 0 Å². The number of rotatable bonds is 5. The highest BCUT2D eigenvalue weighted by Gasteiger charge is 2.23. The number of unbranched alkanes of at least 4 members (excludes halogenated alkanes) is 1. The van der Waals surface area contributed by atoms with Crippen molar-refractivity contribution in [1.82, 2.24) is 0 Å². The Hall–Kier alpha value is 0. The molecule has 0 aliphatic rings. The van der Waals surface area contributed by atoms with Gasteiger partial charge in [-0.3, -0.25) is 0 Å². The van der Waals surface area contributed by atoms with E-state index in [2.05, 4.69) is 34.6 Å². The van der Waals surface area contributed by atoms with Crippen LogP contribution in [-0.2, 0) is 0 Å². The summed E-state index contributed by atoms with van der Waals surface area (Å²) in [6, 6.07) is 0. The third kappa shape index (κ3) is 4.79. The van der Waals surface area contributed by atoms with Gasteiger partial charge in [0.25, 0.3) is 0 Å². The van der Waals surface area contributed by atoms with Crippen LogP contribution >= 0.6 is 0 Å². The molecule has 0 unspecified atom stereocenters. The molecule has 0 saturated carbocycles. The van der Waals surface area contributed by atoms with Gasteiger partial charge in [0.15, 0.2) is 0 Å². The molecule has 0 saturated heterocycles. The minimum absolute atomic E-state index is 0.436. The van der Waals surface area contributed by atoms with Crippen LogP contribution < -0.4 is 0 Å². The Kier molecular flexibility index (Phi) is 5.61. The van der Waals surface area contributed by atoms with E-state index in [4.69, 9.17) is 0 Å². The van der Waals surface area contributed by atoms with Crippen LogP contribution in [-0.4, -0.2) is 0 Å². The second-order valence-electron chi connectivity index (χ2n) is 4.71. The summed E-state index contributed by atoms with van der Waals surface area (Å²) in [5.41, 5.74) is 0.436. The SMILES string of the molecule is CCCC[C](CCC)C(C)(C)C. The lowest BCUT2D eigenvalue weighted by Gasteiger charge is -2.30. The first-order chi connectivity index (χ1) is 5.52. The van der Waals surface area contributed by atoms with Crippen molar-refractivity contribution in [3.63, 3.8) is 0 Å². The molecule has 73 valence electrons. The summed E-state index contributed by atoms with van der Waals surface area (Å²) in [6.07, 6.45) is 6.66. The molecule has 0 rings (SSSR count). The molecule has 0 heterocycles. The van der Waals surface area contributed by atoms with Crippen LogP contribution in [0, 0.1) is 11.3 Å². The Labute approximate surface area is 78.8 Å². The molecule has 0 heteroatoms. The predicted octanol–water partition coefficient (Wildman–Crippen LogP) is 4.60. The number of hydrogen-bond acceptors (Lipinski definition) is 0. The van der Waals surface area contributed by atoms with Crippen molar-refractivity contribution in [2.24, 2.45) is 5.41 Å². The van der Waals surface area contributed by atoms with Gasteiger partial charge in [-0.05, 0) is 24.2 Å². The Balaban J connectivity index is 3.86. The van der Waals surface area contributed by atoms with Crippen LogP contribution in [0.5, 0.6) is 0 Å². The van der Waals surface area contributed by atoms with Gasteiger partial charge >= 0.3 is 0 Å². The van der Waals surface area contributed by atoms with Crippen LogP contribution in [0.25, 0.3) is 0 Å². The van der Waals surface area contributed by atoms with Gasteiger partial charge in [0, 0.05) is 0 Å². The summed E-state index contributed by atoms with van der Waals surface area (Å²) in [4.78, 5) is 0. The normalized spacial score (nSPS) is 12.5. The fraction of sp³-hybridized carbons (Fsp3) is 0.917. The maximum Gasteiger partial charge on any atom is -0.0187 e. The fourth-order valence-electron chi connectivity index (χ4n) is 1.57. The minimum Gasteiger partial charge on any atom is -0.0654 e. The Morgan fingerprint density at radius 3 is 1.83 bits per heavy atom. The molecule has 0 atom stereocenters. The lowest BCUT2D eigenvalue weighted by molar-refractivity contribution is 0.375. The Morgan fingerprint density at radius 1 is 0.917 bits per heavy atom. The molecule has 0 amide bonds. The highest BCUT2D eigenvalue weighted by Crippen LogP contribution is 2.35. The summed E-state index contributed by atoms with van der Waals surface area (Å²) in [7, 11) is 0. The van der Waals surface area contributed by atoms with E-state index in [-0.39, 0.29) is 0 Å². The van der Waals surface area contributed by atoms with E-state index in [1.807, 2.05) is 0 Å². The van der Waals surface area contributed by atoms with E-state index < -0.39 is 0 Å². The van der Waals surface area contributed by atoms with Gasteiger partial charge in [-0.15, -0.1) is 0 Å². The van der Waals surface area contributed by atoms with Crippen LogP contribution in [0.1, 0.15) is 66.7 Å². The van der Waals surface area contributed by atoms with Crippen molar-refractivity contribution >= 4 is 0 Å². The monoisotopic (exact) mass is 169 g/mol. The largest absolute Gasteiger partial charge is 0.0654 e. The zero-order chi connectivity index (χ0) is 9.61. The Bertz CT molecular complexity index is 97.1. The second-order valence-corrected chi connectivity index (χ2v) is 4.71. The van der Waals surface area contributed by atoms with Crippen molar-refractivity contribution in [2.45, 2.75) is 66.7 Å². The van der Waals surface area contributed by atoms with Gasteiger partial charge in [0.05, 0.1) is 0 Å². The summed E-state index contributed by atoms with van der Waals surface area (Å²) in [6.45, 7) is 11.6. The van der Waals surface area contributed by atoms with E-state index >= 15 is 0 Å². The smallest absolute Gasteiger partial charge is 0.0187 e. The van der Waals surface area contributed by atoms with E-state index in [0.717, 1.165) is 0 Å². The fourth-order valence-corrected chi connectivity index (χ4v) is 1.57. The minimum atomic E-state index is 0.436. The van der Waals surface area contributed by atoms with Crippen molar-refractivity contribution in [3.8, 4) is 0 Å². The van der Waals surface area contributed by atoms with Crippen molar-refractivity contribution in [3.05, 3.63) is 5.92 Å². The number of hydrogen-bond donors (Lipinski definition) is 0. The summed E-state index contributed by atoms with van der Waals surface area (Å²) >= 11 is 0. The average Bonchev–Trinajstić information content (AvgIpc) is 1.95. The van der Waals surface area contributed by atoms with Gasteiger partial charge in [-0.2, -0.15) is 0 Å². The molecule has 0 aromatic heterocycles. The highest BCUT2D eigenvalue weighted by molar-refractivity contribution is 4.99. The predicted molar refractivity (Wildman–Crippen MR) is 57.1 cm³/mol. The maximum absolute atomic E-state index is 2.34. The lowest BCUT2D eigenvalue weighted by atomic mass is 9.75. The molecular formula is C12H25. The molecule has 0 fully saturated rings. The Morgan fingerprint density at radius 2 is 1.50 bits per heavy atom. The van der Waals surface area contributed by atoms with E-state index in [0.29, 0.717) is 5.41 Å². The highest BCUT2D eigenvalue weighted by atomic mass is 14.3. The zero-order valence-corrected chi connectivity index (χ0v) is 9.54. The molecule has 0 spiro atoms. The summed E-state index contributed by atoms with van der Waals surface area (Å²) < 4.78 is 0. The van der Waals surface area contributed by atoms with Crippen LogP contribution in [0.3, 0.4) is 0 Å². The van der Waals surface area contributed by atoms with Gasteiger partial charge in [-0.1, -0.05) is 53.9 Å². The first kappa shape index (κ1) is 12.0.